The highest BCUT2D eigenvalue weighted by Crippen LogP contribution is 2.63. The van der Waals surface area contributed by atoms with Crippen LogP contribution in [0.4, 0.5) is 0 Å². The SMILES string of the molecule is CC(C)N1CCC(N2CC3(CC3)N(C)C3(C2)CC3(C)N2CCC(N3CCN(C)[C@H](C)C3)CC2)CC1. The predicted octanol–water partition coefficient (Wildman–Crippen LogP) is 2.64. The first kappa shape index (κ1) is 25.1. The van der Waals surface area contributed by atoms with E-state index in [0.717, 1.165) is 12.1 Å². The number of piperidine rings is 2. The molecule has 6 fully saturated rings. The molecule has 4 aliphatic heterocycles. The number of hydrogen-bond acceptors (Lipinski definition) is 6. The molecular weight excluding hydrogens is 432 g/mol. The number of rotatable bonds is 4. The average molecular weight is 487 g/mol. The molecule has 6 heteroatoms. The van der Waals surface area contributed by atoms with Gasteiger partial charge in [-0.15, -0.1) is 0 Å². The Morgan fingerprint density at radius 2 is 1.40 bits per heavy atom. The maximum Gasteiger partial charge on any atom is 0.0539 e. The molecule has 200 valence electrons. The molecule has 35 heavy (non-hydrogen) atoms. The molecule has 6 nitrogen and oxygen atoms in total. The number of likely N-dealkylation sites (N-methyl/N-ethyl adjacent to an activating group) is 2. The third-order valence-electron chi connectivity index (χ3n) is 12.1. The summed E-state index contributed by atoms with van der Waals surface area (Å²) in [5.74, 6) is 0. The molecule has 4 saturated heterocycles. The molecule has 6 aliphatic rings. The fourth-order valence-electron chi connectivity index (χ4n) is 8.87. The molecular formula is C29H54N6. The topological polar surface area (TPSA) is 19.4 Å². The van der Waals surface area contributed by atoms with E-state index in [4.69, 9.17) is 0 Å². The summed E-state index contributed by atoms with van der Waals surface area (Å²) >= 11 is 0. The summed E-state index contributed by atoms with van der Waals surface area (Å²) in [6, 6.07) is 3.02. The van der Waals surface area contributed by atoms with Crippen molar-refractivity contribution in [1.29, 1.82) is 0 Å². The fraction of sp³-hybridized carbons (Fsp3) is 1.00. The molecule has 0 aromatic carbocycles. The monoisotopic (exact) mass is 486 g/mol. The highest BCUT2D eigenvalue weighted by molar-refractivity contribution is 5.33. The van der Waals surface area contributed by atoms with Gasteiger partial charge in [-0.1, -0.05) is 0 Å². The van der Waals surface area contributed by atoms with Crippen LogP contribution in [0.25, 0.3) is 0 Å². The van der Waals surface area contributed by atoms with E-state index < -0.39 is 0 Å². The molecule has 0 bridgehead atoms. The zero-order chi connectivity index (χ0) is 24.6. The fourth-order valence-corrected chi connectivity index (χ4v) is 8.87. The molecule has 0 aromatic heterocycles. The molecule has 0 N–H and O–H groups in total. The minimum atomic E-state index is 0.370. The van der Waals surface area contributed by atoms with Crippen molar-refractivity contribution < 1.29 is 0 Å². The highest BCUT2D eigenvalue weighted by atomic mass is 15.5. The zero-order valence-electron chi connectivity index (χ0n) is 23.8. The first-order valence-electron chi connectivity index (χ1n) is 15.1. The Kier molecular flexibility index (Phi) is 6.38. The summed E-state index contributed by atoms with van der Waals surface area (Å²) in [6.45, 7) is 21.4. The third kappa shape index (κ3) is 4.13. The van der Waals surface area contributed by atoms with Crippen LogP contribution in [0.15, 0.2) is 0 Å². The normalized spacial score (nSPS) is 41.4. The zero-order valence-corrected chi connectivity index (χ0v) is 23.8. The Morgan fingerprint density at radius 1 is 0.771 bits per heavy atom. The van der Waals surface area contributed by atoms with Crippen molar-refractivity contribution in [2.45, 2.75) is 113 Å². The number of hydrogen-bond donors (Lipinski definition) is 0. The summed E-state index contributed by atoms with van der Waals surface area (Å²) in [6.07, 6.45) is 9.72. The van der Waals surface area contributed by atoms with E-state index in [0.29, 0.717) is 28.7 Å². The summed E-state index contributed by atoms with van der Waals surface area (Å²) in [4.78, 5) is 16.9. The maximum absolute atomic E-state index is 2.99. The quantitative estimate of drug-likeness (QED) is 0.604. The summed E-state index contributed by atoms with van der Waals surface area (Å²) in [5, 5.41) is 0. The average Bonchev–Trinajstić information content (AvgIpc) is 3.76. The van der Waals surface area contributed by atoms with Gasteiger partial charge in [0.05, 0.1) is 5.54 Å². The van der Waals surface area contributed by atoms with E-state index in [2.05, 4.69) is 71.2 Å². The summed E-state index contributed by atoms with van der Waals surface area (Å²) in [5.41, 5.74) is 1.24. The van der Waals surface area contributed by atoms with Gasteiger partial charge in [0.2, 0.25) is 0 Å². The highest BCUT2D eigenvalue weighted by Gasteiger charge is 2.75. The molecule has 3 atom stereocenters. The second-order valence-electron chi connectivity index (χ2n) is 14.1. The lowest BCUT2D eigenvalue weighted by atomic mass is 9.92. The molecule has 0 amide bonds. The Bertz CT molecular complexity index is 767. The van der Waals surface area contributed by atoms with Crippen LogP contribution < -0.4 is 0 Å². The van der Waals surface area contributed by atoms with Crippen LogP contribution in [0.5, 0.6) is 0 Å². The van der Waals surface area contributed by atoms with Gasteiger partial charge in [0, 0.05) is 81.1 Å². The van der Waals surface area contributed by atoms with Gasteiger partial charge in [-0.2, -0.15) is 0 Å². The molecule has 2 aliphatic carbocycles. The van der Waals surface area contributed by atoms with E-state index in [1.165, 1.54) is 104 Å². The lowest BCUT2D eigenvalue weighted by molar-refractivity contribution is -0.0501. The number of nitrogens with zero attached hydrogens (tertiary/aromatic N) is 6. The van der Waals surface area contributed by atoms with Gasteiger partial charge >= 0.3 is 0 Å². The lowest BCUT2D eigenvalue weighted by Crippen LogP contribution is -2.67. The second-order valence-corrected chi connectivity index (χ2v) is 14.1. The van der Waals surface area contributed by atoms with Crippen LogP contribution in [0, 0.1) is 0 Å². The van der Waals surface area contributed by atoms with Gasteiger partial charge in [0.1, 0.15) is 0 Å². The molecule has 0 aromatic rings. The third-order valence-corrected chi connectivity index (χ3v) is 12.1. The van der Waals surface area contributed by atoms with Gasteiger partial charge in [-0.25, -0.2) is 0 Å². The molecule has 2 unspecified atom stereocenters. The van der Waals surface area contributed by atoms with Crippen molar-refractivity contribution in [3.8, 4) is 0 Å². The minimum absolute atomic E-state index is 0.370. The van der Waals surface area contributed by atoms with Crippen LogP contribution >= 0.6 is 0 Å². The number of piperazine rings is 2. The standard InChI is InChI=1S/C29H54N6/c1-23(2)32-13-7-26(8-14-32)34-21-28(11-12-28)31(6)29(22-34)20-27(29,4)35-15-9-25(10-16-35)33-18-17-30(5)24(3)19-33/h23-26H,7-22H2,1-6H3/t24-,27?,29?/m1/s1. The second kappa shape index (κ2) is 8.91. The van der Waals surface area contributed by atoms with E-state index in [-0.39, 0.29) is 0 Å². The van der Waals surface area contributed by atoms with Crippen LogP contribution in [-0.4, -0.2) is 143 Å². The Labute approximate surface area is 215 Å². The van der Waals surface area contributed by atoms with Crippen LogP contribution in [0.3, 0.4) is 0 Å². The van der Waals surface area contributed by atoms with Crippen molar-refractivity contribution in [3.05, 3.63) is 0 Å². The first-order chi connectivity index (χ1) is 16.7. The summed E-state index contributed by atoms with van der Waals surface area (Å²) < 4.78 is 0. The van der Waals surface area contributed by atoms with Crippen molar-refractivity contribution in [2.24, 2.45) is 0 Å². The summed E-state index contributed by atoms with van der Waals surface area (Å²) in [7, 11) is 4.80. The van der Waals surface area contributed by atoms with Crippen molar-refractivity contribution in [1.82, 2.24) is 29.4 Å². The molecule has 6 rings (SSSR count). The molecule has 0 radical (unpaired) electrons. The van der Waals surface area contributed by atoms with Crippen LogP contribution in [-0.2, 0) is 0 Å². The van der Waals surface area contributed by atoms with Gasteiger partial charge in [-0.3, -0.25) is 19.6 Å². The van der Waals surface area contributed by atoms with Crippen LogP contribution in [0.1, 0.15) is 72.6 Å². The van der Waals surface area contributed by atoms with Gasteiger partial charge in [0.15, 0.2) is 0 Å². The van der Waals surface area contributed by atoms with Crippen molar-refractivity contribution in [3.63, 3.8) is 0 Å². The van der Waals surface area contributed by atoms with E-state index in [1.807, 2.05) is 0 Å². The predicted molar refractivity (Wildman–Crippen MR) is 145 cm³/mol. The Hall–Kier alpha value is -0.240. The molecule has 2 spiro atoms. The molecule has 4 heterocycles. The Balaban J connectivity index is 1.11. The van der Waals surface area contributed by atoms with Crippen molar-refractivity contribution in [2.75, 3.05) is 73.0 Å². The number of likely N-dealkylation sites (tertiary alicyclic amines) is 2. The molecule has 2 saturated carbocycles. The van der Waals surface area contributed by atoms with E-state index in [9.17, 15) is 0 Å². The van der Waals surface area contributed by atoms with Gasteiger partial charge in [0.25, 0.3) is 0 Å². The van der Waals surface area contributed by atoms with Crippen LogP contribution in [0.2, 0.25) is 0 Å². The van der Waals surface area contributed by atoms with Gasteiger partial charge in [-0.05, 0) is 99.8 Å². The first-order valence-corrected chi connectivity index (χ1v) is 15.1. The maximum atomic E-state index is 2.99. The van der Waals surface area contributed by atoms with Crippen molar-refractivity contribution >= 4 is 0 Å². The van der Waals surface area contributed by atoms with Gasteiger partial charge < -0.3 is 9.80 Å². The lowest BCUT2D eigenvalue weighted by Gasteiger charge is -2.54. The van der Waals surface area contributed by atoms with E-state index in [1.54, 1.807) is 0 Å². The minimum Gasteiger partial charge on any atom is -0.301 e. The largest absolute Gasteiger partial charge is 0.301 e. The Morgan fingerprint density at radius 3 is 2.00 bits per heavy atom. The van der Waals surface area contributed by atoms with E-state index >= 15 is 0 Å². The smallest absolute Gasteiger partial charge is 0.0539 e.